The fourth-order valence-corrected chi connectivity index (χ4v) is 2.00. The standard InChI is InChI=1S/C10H14N2O2S/c1-3-4-12(7-10(13)14)6-9-8(2)5-11-15-9/h3,5H,1,4,6-7H2,2H3,(H,13,14). The number of carbonyl (C=O) groups is 1. The third-order valence-corrected chi connectivity index (χ3v) is 2.84. The topological polar surface area (TPSA) is 53.4 Å². The minimum absolute atomic E-state index is 0.0311. The molecule has 5 heteroatoms. The molecule has 0 aromatic carbocycles. The van der Waals surface area contributed by atoms with Gasteiger partial charge in [-0.05, 0) is 24.0 Å². The van der Waals surface area contributed by atoms with Crippen molar-refractivity contribution in [3.05, 3.63) is 29.3 Å². The molecule has 1 N–H and O–H groups in total. The maximum absolute atomic E-state index is 10.6. The molecular formula is C10H14N2O2S. The van der Waals surface area contributed by atoms with Gasteiger partial charge in [0.1, 0.15) is 0 Å². The zero-order valence-electron chi connectivity index (χ0n) is 8.64. The quantitative estimate of drug-likeness (QED) is 0.747. The van der Waals surface area contributed by atoms with Crippen molar-refractivity contribution < 1.29 is 9.90 Å². The average molecular weight is 226 g/mol. The molecule has 0 radical (unpaired) electrons. The summed E-state index contributed by atoms with van der Waals surface area (Å²) in [5, 5.41) is 8.72. The lowest BCUT2D eigenvalue weighted by molar-refractivity contribution is -0.138. The van der Waals surface area contributed by atoms with Crippen molar-refractivity contribution >= 4 is 17.5 Å². The molecule has 0 aliphatic rings. The lowest BCUT2D eigenvalue weighted by Gasteiger charge is -2.17. The van der Waals surface area contributed by atoms with Crippen LogP contribution in [0.5, 0.6) is 0 Å². The van der Waals surface area contributed by atoms with Gasteiger partial charge in [-0.25, -0.2) is 4.37 Å². The second kappa shape index (κ2) is 5.63. The van der Waals surface area contributed by atoms with Gasteiger partial charge in [0.25, 0.3) is 0 Å². The van der Waals surface area contributed by atoms with Gasteiger partial charge in [-0.1, -0.05) is 6.08 Å². The van der Waals surface area contributed by atoms with Crippen molar-refractivity contribution in [2.24, 2.45) is 0 Å². The van der Waals surface area contributed by atoms with Crippen molar-refractivity contribution in [2.45, 2.75) is 13.5 Å². The van der Waals surface area contributed by atoms with Gasteiger partial charge in [-0.3, -0.25) is 9.69 Å². The Labute approximate surface area is 93.0 Å². The molecule has 0 atom stereocenters. The van der Waals surface area contributed by atoms with Crippen LogP contribution in [0.2, 0.25) is 0 Å². The molecule has 0 saturated carbocycles. The predicted octanol–water partition coefficient (Wildman–Crippen LogP) is 1.52. The van der Waals surface area contributed by atoms with Crippen LogP contribution < -0.4 is 0 Å². The van der Waals surface area contributed by atoms with E-state index in [0.29, 0.717) is 13.1 Å². The second-order valence-corrected chi connectivity index (χ2v) is 4.17. The lowest BCUT2D eigenvalue weighted by atomic mass is 10.3. The number of hydrogen-bond acceptors (Lipinski definition) is 4. The van der Waals surface area contributed by atoms with Crippen LogP contribution in [0.3, 0.4) is 0 Å². The molecular weight excluding hydrogens is 212 g/mol. The van der Waals surface area contributed by atoms with Gasteiger partial charge in [0.15, 0.2) is 0 Å². The maximum atomic E-state index is 10.6. The maximum Gasteiger partial charge on any atom is 0.317 e. The number of carboxylic acid groups (broad SMARTS) is 1. The molecule has 1 rings (SSSR count). The van der Waals surface area contributed by atoms with E-state index in [1.807, 2.05) is 11.8 Å². The molecule has 0 unspecified atom stereocenters. The first kappa shape index (κ1) is 11.9. The average Bonchev–Trinajstić information content (AvgIpc) is 2.51. The zero-order valence-corrected chi connectivity index (χ0v) is 9.46. The van der Waals surface area contributed by atoms with Gasteiger partial charge < -0.3 is 5.11 Å². The molecule has 0 saturated heterocycles. The van der Waals surface area contributed by atoms with E-state index in [4.69, 9.17) is 5.11 Å². The van der Waals surface area contributed by atoms with Crippen molar-refractivity contribution in [3.8, 4) is 0 Å². The zero-order chi connectivity index (χ0) is 11.3. The third kappa shape index (κ3) is 3.81. The monoisotopic (exact) mass is 226 g/mol. The van der Waals surface area contributed by atoms with E-state index >= 15 is 0 Å². The normalized spacial score (nSPS) is 10.5. The van der Waals surface area contributed by atoms with Gasteiger partial charge in [0.2, 0.25) is 0 Å². The van der Waals surface area contributed by atoms with Gasteiger partial charge >= 0.3 is 5.97 Å². The smallest absolute Gasteiger partial charge is 0.317 e. The van der Waals surface area contributed by atoms with Crippen LogP contribution in [0, 0.1) is 6.92 Å². The van der Waals surface area contributed by atoms with Crippen LogP contribution >= 0.6 is 11.5 Å². The molecule has 15 heavy (non-hydrogen) atoms. The summed E-state index contributed by atoms with van der Waals surface area (Å²) in [6, 6.07) is 0. The largest absolute Gasteiger partial charge is 0.480 e. The molecule has 1 heterocycles. The van der Waals surface area contributed by atoms with E-state index in [2.05, 4.69) is 11.0 Å². The van der Waals surface area contributed by atoms with Crippen LogP contribution in [0.15, 0.2) is 18.9 Å². The summed E-state index contributed by atoms with van der Waals surface area (Å²) in [5.41, 5.74) is 1.11. The number of rotatable bonds is 6. The number of aromatic nitrogens is 1. The highest BCUT2D eigenvalue weighted by Gasteiger charge is 2.11. The third-order valence-electron chi connectivity index (χ3n) is 1.96. The van der Waals surface area contributed by atoms with Gasteiger partial charge in [-0.15, -0.1) is 6.58 Å². The Hall–Kier alpha value is -1.20. The number of hydrogen-bond donors (Lipinski definition) is 1. The summed E-state index contributed by atoms with van der Waals surface area (Å²) < 4.78 is 4.06. The Morgan fingerprint density at radius 2 is 2.53 bits per heavy atom. The Morgan fingerprint density at radius 1 is 1.80 bits per heavy atom. The van der Waals surface area contributed by atoms with Crippen LogP contribution in [0.25, 0.3) is 0 Å². The van der Waals surface area contributed by atoms with Gasteiger partial charge in [0, 0.05) is 24.2 Å². The summed E-state index contributed by atoms with van der Waals surface area (Å²) in [5.74, 6) is -0.820. The van der Waals surface area contributed by atoms with E-state index in [1.165, 1.54) is 11.5 Å². The van der Waals surface area contributed by atoms with Crippen molar-refractivity contribution in [1.82, 2.24) is 9.27 Å². The van der Waals surface area contributed by atoms with Crippen LogP contribution in [-0.4, -0.2) is 33.4 Å². The molecule has 0 fully saturated rings. The van der Waals surface area contributed by atoms with Crippen molar-refractivity contribution in [1.29, 1.82) is 0 Å². The summed E-state index contributed by atoms with van der Waals surface area (Å²) in [6.07, 6.45) is 3.51. The minimum Gasteiger partial charge on any atom is -0.480 e. The molecule has 4 nitrogen and oxygen atoms in total. The van der Waals surface area contributed by atoms with Gasteiger partial charge in [0.05, 0.1) is 6.54 Å². The SMILES string of the molecule is C=CCN(CC(=O)O)Cc1sncc1C. The summed E-state index contributed by atoms with van der Waals surface area (Å²) in [6.45, 7) is 6.81. The lowest BCUT2D eigenvalue weighted by Crippen LogP contribution is -2.29. The Balaban J connectivity index is 2.61. The van der Waals surface area contributed by atoms with Crippen LogP contribution in [0.4, 0.5) is 0 Å². The first-order valence-electron chi connectivity index (χ1n) is 4.58. The fraction of sp³-hybridized carbons (Fsp3) is 0.400. The highest BCUT2D eigenvalue weighted by molar-refractivity contribution is 7.05. The minimum atomic E-state index is -0.820. The first-order chi connectivity index (χ1) is 7.13. The fourth-order valence-electron chi connectivity index (χ4n) is 1.23. The highest BCUT2D eigenvalue weighted by atomic mass is 32.1. The Morgan fingerprint density at radius 3 is 3.00 bits per heavy atom. The van der Waals surface area contributed by atoms with Crippen LogP contribution in [0.1, 0.15) is 10.4 Å². The number of aryl methyl sites for hydroxylation is 1. The molecule has 0 spiro atoms. The Bertz CT molecular complexity index is 349. The van der Waals surface area contributed by atoms with Crippen molar-refractivity contribution in [3.63, 3.8) is 0 Å². The van der Waals surface area contributed by atoms with E-state index < -0.39 is 5.97 Å². The molecule has 82 valence electrons. The van der Waals surface area contributed by atoms with Crippen LogP contribution in [-0.2, 0) is 11.3 Å². The summed E-state index contributed by atoms with van der Waals surface area (Å²) in [7, 11) is 0. The van der Waals surface area contributed by atoms with E-state index in [-0.39, 0.29) is 6.54 Å². The highest BCUT2D eigenvalue weighted by Crippen LogP contribution is 2.14. The molecule has 1 aromatic rings. The number of aliphatic carboxylic acids is 1. The molecule has 0 aliphatic heterocycles. The Kier molecular flexibility index (Phi) is 4.45. The number of carboxylic acids is 1. The second-order valence-electron chi connectivity index (χ2n) is 3.28. The molecule has 0 aliphatic carbocycles. The predicted molar refractivity (Wildman–Crippen MR) is 60.0 cm³/mol. The van der Waals surface area contributed by atoms with Crippen molar-refractivity contribution in [2.75, 3.05) is 13.1 Å². The molecule has 0 bridgehead atoms. The van der Waals surface area contributed by atoms with E-state index in [9.17, 15) is 4.79 Å². The van der Waals surface area contributed by atoms with E-state index in [0.717, 1.165) is 10.4 Å². The summed E-state index contributed by atoms with van der Waals surface area (Å²) >= 11 is 1.41. The van der Waals surface area contributed by atoms with Gasteiger partial charge in [-0.2, -0.15) is 0 Å². The molecule has 0 amide bonds. The van der Waals surface area contributed by atoms with E-state index in [1.54, 1.807) is 12.3 Å². The number of nitrogens with zero attached hydrogens (tertiary/aromatic N) is 2. The first-order valence-corrected chi connectivity index (χ1v) is 5.36. The molecule has 1 aromatic heterocycles. The summed E-state index contributed by atoms with van der Waals surface area (Å²) in [4.78, 5) is 13.5.